The number of carbonyl (C=O) groups excluding carboxylic acids is 3. The molecule has 1 unspecified atom stereocenters. The predicted molar refractivity (Wildman–Crippen MR) is 125 cm³/mol. The Kier molecular flexibility index (Phi) is 5.45. The van der Waals surface area contributed by atoms with Crippen LogP contribution in [0.3, 0.4) is 0 Å². The van der Waals surface area contributed by atoms with Crippen LogP contribution >= 0.6 is 0 Å². The fourth-order valence-corrected chi connectivity index (χ4v) is 6.21. The summed E-state index contributed by atoms with van der Waals surface area (Å²) in [6.07, 6.45) is 1.04. The Morgan fingerprint density at radius 2 is 1.65 bits per heavy atom. The molecule has 1 aliphatic heterocycles. The van der Waals surface area contributed by atoms with E-state index >= 15 is 0 Å². The fraction of sp³-hybridized carbons (Fsp3) is 0.240. The molecule has 0 radical (unpaired) electrons. The summed E-state index contributed by atoms with van der Waals surface area (Å²) in [7, 11) is -2.76. The maximum atomic E-state index is 13.7. The molecule has 8 nitrogen and oxygen atoms in total. The Bertz CT molecular complexity index is 1410. The highest BCUT2D eigenvalue weighted by atomic mass is 32.2. The van der Waals surface area contributed by atoms with Gasteiger partial charge >= 0.3 is 5.97 Å². The van der Waals surface area contributed by atoms with Crippen molar-refractivity contribution in [2.45, 2.75) is 36.2 Å². The molecular weight excluding hydrogens is 456 g/mol. The maximum Gasteiger partial charge on any atom is 0.337 e. The summed E-state index contributed by atoms with van der Waals surface area (Å²) in [5.41, 5.74) is 0.560. The molecule has 1 saturated carbocycles. The number of methoxy groups -OCH3 is 1. The number of hydrogen-bond donors (Lipinski definition) is 0. The van der Waals surface area contributed by atoms with Gasteiger partial charge in [0, 0.05) is 6.04 Å². The Morgan fingerprint density at radius 3 is 2.29 bits per heavy atom. The monoisotopic (exact) mass is 478 g/mol. The minimum Gasteiger partial charge on any atom is -0.465 e. The molecule has 34 heavy (non-hydrogen) atoms. The van der Waals surface area contributed by atoms with Crippen LogP contribution in [0.4, 0.5) is 5.69 Å². The number of imide groups is 1. The quantitative estimate of drug-likeness (QED) is 0.399. The summed E-state index contributed by atoms with van der Waals surface area (Å²) < 4.78 is 33.3. The molecule has 0 N–H and O–H groups in total. The van der Waals surface area contributed by atoms with E-state index in [0.29, 0.717) is 12.8 Å². The number of fused-ring (bicyclic) bond motifs is 1. The summed E-state index contributed by atoms with van der Waals surface area (Å²) >= 11 is 0. The number of sulfonamides is 1. The van der Waals surface area contributed by atoms with Crippen molar-refractivity contribution in [3.8, 4) is 0 Å². The van der Waals surface area contributed by atoms with Crippen molar-refractivity contribution in [2.75, 3.05) is 12.0 Å². The van der Waals surface area contributed by atoms with Gasteiger partial charge in [-0.3, -0.25) is 9.59 Å². The van der Waals surface area contributed by atoms with Crippen molar-refractivity contribution in [3.05, 3.63) is 72.3 Å². The van der Waals surface area contributed by atoms with Gasteiger partial charge in [0.25, 0.3) is 5.91 Å². The first-order valence-corrected chi connectivity index (χ1v) is 12.3. The summed E-state index contributed by atoms with van der Waals surface area (Å²) in [4.78, 5) is 39.0. The lowest BCUT2D eigenvalue weighted by atomic mass is 10.1. The second-order valence-corrected chi connectivity index (χ2v) is 10.2. The second kappa shape index (κ2) is 8.34. The lowest BCUT2D eigenvalue weighted by Crippen LogP contribution is -2.46. The molecule has 2 fully saturated rings. The van der Waals surface area contributed by atoms with E-state index in [4.69, 9.17) is 0 Å². The van der Waals surface area contributed by atoms with Crippen LogP contribution < -0.4 is 4.90 Å². The van der Waals surface area contributed by atoms with Crippen molar-refractivity contribution in [1.29, 1.82) is 0 Å². The summed E-state index contributed by atoms with van der Waals surface area (Å²) in [6, 6.07) is 16.8. The van der Waals surface area contributed by atoms with Crippen LogP contribution in [0.2, 0.25) is 0 Å². The SMILES string of the molecule is COC(=O)c1ccc(N2C(=O)CC(N(C3CC3)S(=O)(=O)c3ccc4ccccc4c3)C2=O)cc1. The molecule has 0 aromatic heterocycles. The first kappa shape index (κ1) is 22.2. The van der Waals surface area contributed by atoms with Crippen molar-refractivity contribution in [3.63, 3.8) is 0 Å². The number of ether oxygens (including phenoxy) is 1. The highest BCUT2D eigenvalue weighted by molar-refractivity contribution is 7.89. The van der Waals surface area contributed by atoms with Gasteiger partial charge in [-0.15, -0.1) is 0 Å². The lowest BCUT2D eigenvalue weighted by Gasteiger charge is -2.27. The number of esters is 1. The minimum atomic E-state index is -4.02. The van der Waals surface area contributed by atoms with Crippen LogP contribution in [0.25, 0.3) is 10.8 Å². The first-order valence-electron chi connectivity index (χ1n) is 10.9. The van der Waals surface area contributed by atoms with Gasteiger partial charge in [-0.05, 0) is 60.0 Å². The highest BCUT2D eigenvalue weighted by Gasteiger charge is 2.51. The Labute approximate surface area is 196 Å². The van der Waals surface area contributed by atoms with E-state index in [2.05, 4.69) is 4.74 Å². The normalized spacial score (nSPS) is 18.6. The van der Waals surface area contributed by atoms with Crippen molar-refractivity contribution < 1.29 is 27.5 Å². The molecule has 9 heteroatoms. The van der Waals surface area contributed by atoms with Crippen LogP contribution in [0.5, 0.6) is 0 Å². The van der Waals surface area contributed by atoms with Crippen molar-refractivity contribution >= 4 is 44.3 Å². The molecule has 3 aromatic carbocycles. The second-order valence-electron chi connectivity index (χ2n) is 8.40. The van der Waals surface area contributed by atoms with Crippen LogP contribution in [-0.4, -0.2) is 49.7 Å². The molecule has 2 amide bonds. The summed E-state index contributed by atoms with van der Waals surface area (Å²) in [5, 5.41) is 1.69. The molecule has 0 bridgehead atoms. The highest BCUT2D eigenvalue weighted by Crippen LogP contribution is 2.38. The molecule has 1 saturated heterocycles. The number of benzene rings is 3. The van der Waals surface area contributed by atoms with Gasteiger partial charge in [0.05, 0.1) is 29.7 Å². The topological polar surface area (TPSA) is 101 Å². The third kappa shape index (κ3) is 3.76. The number of rotatable bonds is 6. The molecule has 174 valence electrons. The number of carbonyl (C=O) groups is 3. The first-order chi connectivity index (χ1) is 16.3. The van der Waals surface area contributed by atoms with E-state index in [9.17, 15) is 22.8 Å². The molecule has 5 rings (SSSR count). The van der Waals surface area contributed by atoms with Gasteiger partial charge in [-0.1, -0.05) is 30.3 Å². The zero-order valence-electron chi connectivity index (χ0n) is 18.4. The molecule has 1 heterocycles. The fourth-order valence-electron chi connectivity index (χ4n) is 4.35. The zero-order chi connectivity index (χ0) is 24.0. The maximum absolute atomic E-state index is 13.7. The third-order valence-corrected chi connectivity index (χ3v) is 8.14. The summed E-state index contributed by atoms with van der Waals surface area (Å²) in [5.74, 6) is -1.61. The zero-order valence-corrected chi connectivity index (χ0v) is 19.2. The number of anilines is 1. The van der Waals surface area contributed by atoms with Gasteiger partial charge < -0.3 is 4.74 Å². The minimum absolute atomic E-state index is 0.0965. The number of hydrogen-bond acceptors (Lipinski definition) is 6. The van der Waals surface area contributed by atoms with E-state index in [1.165, 1.54) is 41.7 Å². The van der Waals surface area contributed by atoms with Gasteiger partial charge in [0.15, 0.2) is 0 Å². The van der Waals surface area contributed by atoms with Crippen molar-refractivity contribution in [2.24, 2.45) is 0 Å². The Balaban J connectivity index is 1.48. The van der Waals surface area contributed by atoms with Gasteiger partial charge in [-0.2, -0.15) is 4.31 Å². The lowest BCUT2D eigenvalue weighted by molar-refractivity contribution is -0.122. The standard InChI is InChI=1S/C25H22N2O6S/c1-33-25(30)17-6-9-19(10-7-17)26-23(28)15-22(24(26)29)27(20-11-12-20)34(31,32)21-13-8-16-4-2-3-5-18(16)14-21/h2-10,13-14,20,22H,11-12,15H2,1H3. The predicted octanol–water partition coefficient (Wildman–Crippen LogP) is 3.11. The van der Waals surface area contributed by atoms with E-state index in [1.54, 1.807) is 12.1 Å². The molecule has 0 spiro atoms. The summed E-state index contributed by atoms with van der Waals surface area (Å²) in [6.45, 7) is 0. The average Bonchev–Trinajstić information content (AvgIpc) is 3.63. The third-order valence-electron chi connectivity index (χ3n) is 6.18. The van der Waals surface area contributed by atoms with E-state index in [-0.39, 0.29) is 28.6 Å². The van der Waals surface area contributed by atoms with Crippen LogP contribution in [-0.2, 0) is 24.3 Å². The van der Waals surface area contributed by atoms with Crippen LogP contribution in [0, 0.1) is 0 Å². The Morgan fingerprint density at radius 1 is 0.971 bits per heavy atom. The molecule has 1 aliphatic carbocycles. The van der Waals surface area contributed by atoms with Crippen LogP contribution in [0.15, 0.2) is 71.6 Å². The van der Waals surface area contributed by atoms with E-state index in [0.717, 1.165) is 15.7 Å². The van der Waals surface area contributed by atoms with Gasteiger partial charge in [-0.25, -0.2) is 18.1 Å². The number of nitrogens with zero attached hydrogens (tertiary/aromatic N) is 2. The van der Waals surface area contributed by atoms with E-state index < -0.39 is 33.8 Å². The van der Waals surface area contributed by atoms with Crippen LogP contribution in [0.1, 0.15) is 29.6 Å². The molecule has 3 aromatic rings. The smallest absolute Gasteiger partial charge is 0.337 e. The van der Waals surface area contributed by atoms with Gasteiger partial charge in [0.2, 0.25) is 15.9 Å². The molecular formula is C25H22N2O6S. The van der Waals surface area contributed by atoms with Gasteiger partial charge in [0.1, 0.15) is 6.04 Å². The molecule has 1 atom stereocenters. The average molecular weight is 479 g/mol. The largest absolute Gasteiger partial charge is 0.465 e. The van der Waals surface area contributed by atoms with E-state index in [1.807, 2.05) is 24.3 Å². The molecule has 2 aliphatic rings. The van der Waals surface area contributed by atoms with Crippen molar-refractivity contribution in [1.82, 2.24) is 4.31 Å². The number of amides is 2. The Hall–Kier alpha value is -3.56.